The molecule has 0 spiro atoms. The van der Waals surface area contributed by atoms with Crippen LogP contribution >= 0.6 is 10.0 Å². The summed E-state index contributed by atoms with van der Waals surface area (Å²) in [5.74, 6) is 0. The molecule has 0 saturated heterocycles. The first-order chi connectivity index (χ1) is 37.2. The molecule has 12 aromatic carbocycles. The van der Waals surface area contributed by atoms with E-state index in [0.717, 1.165) is 16.9 Å². The molecule has 0 amide bonds. The van der Waals surface area contributed by atoms with Gasteiger partial charge in [0.2, 0.25) is 0 Å². The van der Waals surface area contributed by atoms with Crippen molar-refractivity contribution in [2.75, 3.05) is 0 Å². The molecule has 0 saturated carbocycles. The maximum Gasteiger partial charge on any atom is 0.0547 e. The molecule has 0 aliphatic heterocycles. The number of hydrogen-bond donors (Lipinski definition) is 0. The zero-order chi connectivity index (χ0) is 49.7. The Kier molecular flexibility index (Phi) is 11.0. The smallest absolute Gasteiger partial charge is 0.0547 e. The van der Waals surface area contributed by atoms with Crippen molar-refractivity contribution in [2.24, 2.45) is 0 Å². The molecule has 0 N–H and O–H groups in total. The lowest BCUT2D eigenvalue weighted by Crippen LogP contribution is -2.07. The Bertz CT molecular complexity index is 4320. The Morgan fingerprint density at radius 2 is 0.627 bits per heavy atom. The van der Waals surface area contributed by atoms with Crippen molar-refractivity contribution in [3.05, 3.63) is 303 Å². The lowest BCUT2D eigenvalue weighted by molar-refractivity contribution is 1.14. The van der Waals surface area contributed by atoms with Gasteiger partial charge in [-0.15, -0.1) is 10.0 Å². The quantitative estimate of drug-likeness (QED) is 0.129. The minimum Gasteiger partial charge on any atom is -0.309 e. The van der Waals surface area contributed by atoms with E-state index in [4.69, 9.17) is 0 Å². The molecular formula is C72H50N2S. The van der Waals surface area contributed by atoms with Gasteiger partial charge >= 0.3 is 0 Å². The molecule has 0 aliphatic rings. The lowest BCUT2D eigenvalue weighted by Gasteiger charge is -2.42. The second kappa shape index (κ2) is 18.6. The molecule has 354 valence electrons. The van der Waals surface area contributed by atoms with Crippen LogP contribution < -0.4 is 0 Å². The Labute approximate surface area is 439 Å². The third-order valence-electron chi connectivity index (χ3n) is 15.0. The number of benzene rings is 12. The highest BCUT2D eigenvalue weighted by molar-refractivity contribution is 8.34. The van der Waals surface area contributed by atoms with Crippen LogP contribution in [-0.4, -0.2) is 9.13 Å². The Balaban J connectivity index is 0.982. The van der Waals surface area contributed by atoms with E-state index < -0.39 is 10.0 Å². The van der Waals surface area contributed by atoms with E-state index in [-0.39, 0.29) is 0 Å². The second-order valence-electron chi connectivity index (χ2n) is 19.2. The van der Waals surface area contributed by atoms with E-state index in [1.54, 1.807) is 0 Å². The Morgan fingerprint density at radius 1 is 0.213 bits per heavy atom. The van der Waals surface area contributed by atoms with Crippen LogP contribution in [0.2, 0.25) is 0 Å². The van der Waals surface area contributed by atoms with Crippen molar-refractivity contribution in [3.8, 4) is 55.9 Å². The van der Waals surface area contributed by atoms with E-state index in [2.05, 4.69) is 312 Å². The summed E-state index contributed by atoms with van der Waals surface area (Å²) in [6.07, 6.45) is 0. The highest BCUT2D eigenvalue weighted by Crippen LogP contribution is 2.74. The standard InChI is InChI=1S/C72H50N2S/c1-5-23-51(24-6-1)54-29-19-34-59(47-54)75(58-32-11-4-12-33-58,60-35-20-30-55(48-60)52-25-7-2-8-26-52)61-36-21-31-56(49-61)73-68-42-17-15-39-64(68)67-50-57(45-46-70(67)73)74-69-43-18-16-40-66(69)72-65(41-22-44-71(72)74)63-38-14-13-37-62(63)53-27-9-3-10-28-53/h1-50H. The van der Waals surface area contributed by atoms with Crippen molar-refractivity contribution in [2.45, 2.75) is 19.6 Å². The average Bonchev–Trinajstić information content (AvgIpc) is 4.04. The van der Waals surface area contributed by atoms with Gasteiger partial charge in [0.25, 0.3) is 0 Å². The molecule has 0 aliphatic carbocycles. The van der Waals surface area contributed by atoms with Crippen LogP contribution in [0.4, 0.5) is 0 Å². The van der Waals surface area contributed by atoms with Gasteiger partial charge in [0, 0.05) is 52.5 Å². The zero-order valence-electron chi connectivity index (χ0n) is 41.2. The molecule has 0 radical (unpaired) electrons. The topological polar surface area (TPSA) is 9.86 Å². The van der Waals surface area contributed by atoms with Gasteiger partial charge < -0.3 is 9.13 Å². The normalized spacial score (nSPS) is 11.9. The highest BCUT2D eigenvalue weighted by atomic mass is 32.3. The van der Waals surface area contributed by atoms with E-state index >= 15 is 0 Å². The molecule has 0 fully saturated rings. The van der Waals surface area contributed by atoms with Gasteiger partial charge in [0.05, 0.1) is 22.1 Å². The zero-order valence-corrected chi connectivity index (χ0v) is 42.0. The summed E-state index contributed by atoms with van der Waals surface area (Å²) in [5, 5.41) is 4.91. The van der Waals surface area contributed by atoms with Crippen LogP contribution in [0.3, 0.4) is 0 Å². The van der Waals surface area contributed by atoms with Gasteiger partial charge in [-0.3, -0.25) is 0 Å². The maximum absolute atomic E-state index is 2.48. The number of rotatable bonds is 10. The fourth-order valence-electron chi connectivity index (χ4n) is 11.7. The van der Waals surface area contributed by atoms with Crippen LogP contribution in [0, 0.1) is 0 Å². The third-order valence-corrected chi connectivity index (χ3v) is 18.9. The monoisotopic (exact) mass is 974 g/mol. The second-order valence-corrected chi connectivity index (χ2v) is 22.3. The molecule has 14 aromatic rings. The summed E-state index contributed by atoms with van der Waals surface area (Å²) in [7, 11) is -2.13. The van der Waals surface area contributed by atoms with Crippen molar-refractivity contribution in [3.63, 3.8) is 0 Å². The lowest BCUT2D eigenvalue weighted by atomic mass is 9.92. The fraction of sp³-hybridized carbons (Fsp3) is 0. The SMILES string of the molecule is c1ccc(-c2cccc(S(c3ccccc3)(c3cccc(-c4ccccc4)c3)c3cccc(-n4c5ccccc5c5cc(-n6c7ccccc7c7c(-c8ccccc8-c8ccccc8)cccc76)ccc54)c3)c2)cc1. The summed E-state index contributed by atoms with van der Waals surface area (Å²) in [4.78, 5) is 5.10. The van der Waals surface area contributed by atoms with Gasteiger partial charge in [-0.2, -0.15) is 0 Å². The maximum atomic E-state index is 2.48. The van der Waals surface area contributed by atoms with E-state index in [1.807, 2.05) is 0 Å². The minimum absolute atomic E-state index is 1.12. The molecule has 2 heterocycles. The summed E-state index contributed by atoms with van der Waals surface area (Å²) < 4.78 is 4.95. The first-order valence-electron chi connectivity index (χ1n) is 25.7. The van der Waals surface area contributed by atoms with E-state index in [9.17, 15) is 0 Å². The molecule has 3 heteroatoms. The third kappa shape index (κ3) is 7.43. The number of para-hydroxylation sites is 2. The van der Waals surface area contributed by atoms with Crippen LogP contribution in [-0.2, 0) is 0 Å². The molecular weight excluding hydrogens is 925 g/mol. The molecule has 75 heavy (non-hydrogen) atoms. The number of nitrogens with zero attached hydrogens (tertiary/aromatic N) is 2. The van der Waals surface area contributed by atoms with Crippen LogP contribution in [0.15, 0.2) is 323 Å². The first-order valence-corrected chi connectivity index (χ1v) is 27.4. The molecule has 0 atom stereocenters. The van der Waals surface area contributed by atoms with Gasteiger partial charge in [-0.1, -0.05) is 212 Å². The summed E-state index contributed by atoms with van der Waals surface area (Å²) in [6.45, 7) is 0. The van der Waals surface area contributed by atoms with Gasteiger partial charge in [0.1, 0.15) is 0 Å². The van der Waals surface area contributed by atoms with Crippen molar-refractivity contribution < 1.29 is 0 Å². The number of hydrogen-bond acceptors (Lipinski definition) is 0. The molecule has 0 bridgehead atoms. The van der Waals surface area contributed by atoms with Crippen molar-refractivity contribution in [1.82, 2.24) is 9.13 Å². The van der Waals surface area contributed by atoms with Crippen LogP contribution in [0.1, 0.15) is 0 Å². The molecule has 2 nitrogen and oxygen atoms in total. The van der Waals surface area contributed by atoms with Crippen molar-refractivity contribution >= 4 is 53.6 Å². The van der Waals surface area contributed by atoms with Gasteiger partial charge in [-0.05, 0) is 136 Å². The summed E-state index contributed by atoms with van der Waals surface area (Å²) in [6, 6.07) is 112. The van der Waals surface area contributed by atoms with Gasteiger partial charge in [0.15, 0.2) is 0 Å². The molecule has 2 aromatic heterocycles. The Hall–Kier alpha value is -9.41. The van der Waals surface area contributed by atoms with Crippen LogP contribution in [0.25, 0.3) is 99.5 Å². The molecule has 14 rings (SSSR count). The number of fused-ring (bicyclic) bond motifs is 6. The predicted octanol–water partition coefficient (Wildman–Crippen LogP) is 19.9. The minimum atomic E-state index is -2.13. The largest absolute Gasteiger partial charge is 0.309 e. The van der Waals surface area contributed by atoms with Gasteiger partial charge in [-0.25, -0.2) is 0 Å². The predicted molar refractivity (Wildman–Crippen MR) is 317 cm³/mol. The van der Waals surface area contributed by atoms with E-state index in [1.165, 1.54) is 102 Å². The van der Waals surface area contributed by atoms with Crippen LogP contribution in [0.5, 0.6) is 0 Å². The highest BCUT2D eigenvalue weighted by Gasteiger charge is 2.34. The van der Waals surface area contributed by atoms with E-state index in [0.29, 0.717) is 0 Å². The summed E-state index contributed by atoms with van der Waals surface area (Å²) in [5.41, 5.74) is 16.6. The van der Waals surface area contributed by atoms with Crippen molar-refractivity contribution in [1.29, 1.82) is 0 Å². The Morgan fingerprint density at radius 3 is 1.28 bits per heavy atom. The summed E-state index contributed by atoms with van der Waals surface area (Å²) >= 11 is 0. The average molecular weight is 975 g/mol. The first kappa shape index (κ1) is 44.3. The number of aromatic nitrogens is 2. The molecule has 0 unspecified atom stereocenters. The fourth-order valence-corrected chi connectivity index (χ4v) is 15.7.